The van der Waals surface area contributed by atoms with Crippen molar-refractivity contribution >= 4 is 11.9 Å². The van der Waals surface area contributed by atoms with Gasteiger partial charge in [-0.1, -0.05) is 0 Å². The lowest BCUT2D eigenvalue weighted by Crippen LogP contribution is -2.69. The minimum absolute atomic E-state index is 0.602. The lowest BCUT2D eigenvalue weighted by Gasteiger charge is -2.48. The number of hydrogen-bond acceptors (Lipinski definition) is 13. The van der Waals surface area contributed by atoms with E-state index in [0.29, 0.717) is 0 Å². The van der Waals surface area contributed by atoms with Gasteiger partial charge < -0.3 is 64.0 Å². The molecule has 4 aliphatic rings. The molecule has 0 aromatic carbocycles. The van der Waals surface area contributed by atoms with Crippen LogP contribution in [0.3, 0.4) is 0 Å². The Balaban J connectivity index is 1.62. The maximum Gasteiger partial charge on any atom is 0.364 e. The van der Waals surface area contributed by atoms with Gasteiger partial charge in [-0.3, -0.25) is 4.79 Å². The average molecular weight is 566 g/mol. The molecule has 6 N–H and O–H groups in total. The zero-order valence-electron chi connectivity index (χ0n) is 22.7. The minimum atomic E-state index is -2.55. The predicted octanol–water partition coefficient (Wildman–Crippen LogP) is -2.06. The molecular weight excluding hydrogens is 526 g/mol. The number of carbonyl (C=O) groups excluding carboxylic acids is 1. The number of carboxylic acid groups (broad SMARTS) is 1. The van der Waals surface area contributed by atoms with Crippen LogP contribution in [0.25, 0.3) is 0 Å². The first-order valence-corrected chi connectivity index (χ1v) is 12.9. The quantitative estimate of drug-likeness (QED) is 0.187. The summed E-state index contributed by atoms with van der Waals surface area (Å²) in [6, 6.07) is -1.32. The lowest BCUT2D eigenvalue weighted by molar-refractivity contribution is -0.340. The Kier molecular flexibility index (Phi) is 8.37. The van der Waals surface area contributed by atoms with E-state index in [-0.39, 0.29) is 0 Å². The zero-order chi connectivity index (χ0) is 29.1. The van der Waals surface area contributed by atoms with Crippen molar-refractivity contribution in [1.82, 2.24) is 5.32 Å². The summed E-state index contributed by atoms with van der Waals surface area (Å²) in [4.78, 5) is 24.3. The van der Waals surface area contributed by atoms with Crippen LogP contribution in [0.5, 0.6) is 0 Å². The summed E-state index contributed by atoms with van der Waals surface area (Å²) in [6.45, 7) is 8.64. The van der Waals surface area contributed by atoms with E-state index in [2.05, 4.69) is 5.32 Å². The Morgan fingerprint density at radius 3 is 2.15 bits per heavy atom. The van der Waals surface area contributed by atoms with E-state index in [0.717, 1.165) is 6.92 Å². The van der Waals surface area contributed by atoms with Crippen LogP contribution in [0.15, 0.2) is 0 Å². The number of aliphatic hydroxyl groups is 4. The monoisotopic (exact) mass is 565 g/mol. The molecule has 0 radical (unpaired) electrons. The van der Waals surface area contributed by atoms with Gasteiger partial charge in [0.25, 0.3) is 5.79 Å². The SMILES string of the molecule is CC(=O)N[C@H]1[C@H]([C@H](O)[C@H](O)CO)O[C@@](O[C@@H](C)[C@H]2O[C@@H]3OC(C)(C)O[C@@H]3[C@H]3OC(C)(C)O[C@H]32)(C(=O)O)C[C@@H]1O. The minimum Gasteiger partial charge on any atom is -0.477 e. The maximum absolute atomic E-state index is 12.6. The Morgan fingerprint density at radius 1 is 0.974 bits per heavy atom. The summed E-state index contributed by atoms with van der Waals surface area (Å²) in [5, 5.41) is 53.5. The van der Waals surface area contributed by atoms with Crippen molar-refractivity contribution in [2.24, 2.45) is 0 Å². The molecule has 4 saturated heterocycles. The van der Waals surface area contributed by atoms with E-state index < -0.39 is 110 Å². The van der Waals surface area contributed by atoms with Gasteiger partial charge in [0.15, 0.2) is 17.9 Å². The smallest absolute Gasteiger partial charge is 0.364 e. The number of carbonyl (C=O) groups is 2. The summed E-state index contributed by atoms with van der Waals surface area (Å²) in [7, 11) is 0. The van der Waals surface area contributed by atoms with Crippen LogP contribution in [-0.4, -0.2) is 129 Å². The Morgan fingerprint density at radius 2 is 1.56 bits per heavy atom. The van der Waals surface area contributed by atoms with Crippen molar-refractivity contribution < 1.29 is 68.3 Å². The van der Waals surface area contributed by atoms with Crippen LogP contribution in [0.2, 0.25) is 0 Å². The fourth-order valence-electron chi connectivity index (χ4n) is 5.64. The second-order valence-corrected chi connectivity index (χ2v) is 11.3. The van der Waals surface area contributed by atoms with E-state index >= 15 is 0 Å². The summed E-state index contributed by atoms with van der Waals surface area (Å²) < 4.78 is 41.9. The number of ether oxygens (including phenoxy) is 7. The molecule has 0 unspecified atom stereocenters. The number of hydrogen-bond donors (Lipinski definition) is 6. The van der Waals surface area contributed by atoms with Gasteiger partial charge in [0.1, 0.15) is 42.7 Å². The number of fused-ring (bicyclic) bond motifs is 3. The van der Waals surface area contributed by atoms with Crippen molar-refractivity contribution in [3.63, 3.8) is 0 Å². The molecule has 39 heavy (non-hydrogen) atoms. The average Bonchev–Trinajstić information content (AvgIpc) is 3.32. The molecule has 15 nitrogen and oxygen atoms in total. The molecule has 15 heteroatoms. The van der Waals surface area contributed by atoms with E-state index in [1.54, 1.807) is 27.7 Å². The van der Waals surface area contributed by atoms with Gasteiger partial charge in [-0.05, 0) is 34.6 Å². The Hall–Kier alpha value is -1.50. The van der Waals surface area contributed by atoms with Crippen LogP contribution < -0.4 is 5.32 Å². The Labute approximate surface area is 225 Å². The number of carboxylic acids is 1. The zero-order valence-corrected chi connectivity index (χ0v) is 22.7. The van der Waals surface area contributed by atoms with Crippen molar-refractivity contribution in [2.45, 2.75) is 133 Å². The molecule has 0 spiro atoms. The highest BCUT2D eigenvalue weighted by Crippen LogP contribution is 2.46. The molecule has 1 amide bonds. The molecule has 4 heterocycles. The molecule has 0 aromatic heterocycles. The maximum atomic E-state index is 12.6. The number of nitrogens with one attached hydrogen (secondary N) is 1. The van der Waals surface area contributed by atoms with Gasteiger partial charge in [0.2, 0.25) is 5.91 Å². The van der Waals surface area contributed by atoms with Gasteiger partial charge in [0, 0.05) is 13.3 Å². The molecule has 4 aliphatic heterocycles. The van der Waals surface area contributed by atoms with Crippen LogP contribution in [-0.2, 0) is 42.7 Å². The molecule has 0 aliphatic carbocycles. The third-order valence-electron chi connectivity index (χ3n) is 7.22. The van der Waals surface area contributed by atoms with Gasteiger partial charge in [-0.2, -0.15) is 0 Å². The fraction of sp³-hybridized carbons (Fsp3) is 0.917. The highest BCUT2D eigenvalue weighted by molar-refractivity contribution is 5.76. The van der Waals surface area contributed by atoms with Crippen LogP contribution in [0, 0.1) is 0 Å². The predicted molar refractivity (Wildman–Crippen MR) is 126 cm³/mol. The van der Waals surface area contributed by atoms with Gasteiger partial charge in [0.05, 0.1) is 24.9 Å². The second-order valence-electron chi connectivity index (χ2n) is 11.3. The molecule has 224 valence electrons. The van der Waals surface area contributed by atoms with E-state index in [1.807, 2.05) is 0 Å². The molecule has 4 fully saturated rings. The topological polar surface area (TPSA) is 212 Å². The van der Waals surface area contributed by atoms with Crippen LogP contribution >= 0.6 is 0 Å². The molecule has 0 saturated carbocycles. The van der Waals surface area contributed by atoms with E-state index in [4.69, 9.17) is 33.2 Å². The third-order valence-corrected chi connectivity index (χ3v) is 7.22. The van der Waals surface area contributed by atoms with Crippen molar-refractivity contribution in [3.05, 3.63) is 0 Å². The molecule has 4 rings (SSSR count). The van der Waals surface area contributed by atoms with Crippen LogP contribution in [0.1, 0.15) is 48.0 Å². The molecule has 12 atom stereocenters. The standard InChI is InChI=1S/C24H39NO14/c1-9(15-17-18(36-22(3,4)35-17)19-20(33-15)39-23(5,6)37-19)34-24(21(31)32)7-11(28)13(25-10(2)27)16(38-24)14(30)12(29)8-26/h9,11-20,26,28-30H,7-8H2,1-6H3,(H,25,27)(H,31,32)/t9-,11-,12+,13+,14+,15+,16+,17-,18-,19+,20+,24+/m0/s1. The third kappa shape index (κ3) is 5.94. The van der Waals surface area contributed by atoms with Crippen molar-refractivity contribution in [3.8, 4) is 0 Å². The number of aliphatic carboxylic acids is 1. The summed E-state index contributed by atoms with van der Waals surface area (Å²) in [6.07, 6.45) is -12.5. The first kappa shape index (κ1) is 30.5. The highest BCUT2D eigenvalue weighted by atomic mass is 16.9. The summed E-state index contributed by atoms with van der Waals surface area (Å²) >= 11 is 0. The highest BCUT2D eigenvalue weighted by Gasteiger charge is 2.63. The molecular formula is C24H39NO14. The van der Waals surface area contributed by atoms with Gasteiger partial charge >= 0.3 is 5.97 Å². The largest absolute Gasteiger partial charge is 0.477 e. The van der Waals surface area contributed by atoms with Crippen LogP contribution in [0.4, 0.5) is 0 Å². The number of rotatable bonds is 8. The normalized spacial score (nSPS) is 43.1. The van der Waals surface area contributed by atoms with E-state index in [9.17, 15) is 35.1 Å². The lowest BCUT2D eigenvalue weighted by atomic mass is 9.88. The summed E-state index contributed by atoms with van der Waals surface area (Å²) in [5.41, 5.74) is 0. The van der Waals surface area contributed by atoms with Crippen molar-refractivity contribution in [2.75, 3.05) is 6.61 Å². The first-order valence-electron chi connectivity index (χ1n) is 12.9. The second kappa shape index (κ2) is 10.7. The molecule has 0 aromatic rings. The van der Waals surface area contributed by atoms with Crippen molar-refractivity contribution in [1.29, 1.82) is 0 Å². The fourth-order valence-corrected chi connectivity index (χ4v) is 5.64. The van der Waals surface area contributed by atoms with E-state index in [1.165, 1.54) is 6.92 Å². The van der Waals surface area contributed by atoms with Gasteiger partial charge in [-0.25, -0.2) is 4.79 Å². The van der Waals surface area contributed by atoms with Gasteiger partial charge in [-0.15, -0.1) is 0 Å². The number of amides is 1. The first-order chi connectivity index (χ1) is 18.0. The summed E-state index contributed by atoms with van der Waals surface area (Å²) in [5.74, 6) is -6.80. The molecule has 0 bridgehead atoms. The number of aliphatic hydroxyl groups excluding tert-OH is 4. The Bertz CT molecular complexity index is 931.